The molecule has 128 valence electrons. The van der Waals surface area contributed by atoms with Crippen LogP contribution < -0.4 is 5.32 Å². The number of anilines is 1. The lowest BCUT2D eigenvalue weighted by atomic mass is 9.68. The Hall–Kier alpha value is -1.94. The summed E-state index contributed by atoms with van der Waals surface area (Å²) in [5.41, 5.74) is 3.99. The van der Waals surface area contributed by atoms with Gasteiger partial charge in [-0.15, -0.1) is 0 Å². The summed E-state index contributed by atoms with van der Waals surface area (Å²) in [5.74, 6) is 0.0648. The molecule has 0 amide bonds. The Kier molecular flexibility index (Phi) is 4.03. The molecule has 1 aliphatic carbocycles. The van der Waals surface area contributed by atoms with Gasteiger partial charge in [0.2, 0.25) is 0 Å². The first kappa shape index (κ1) is 16.5. The number of hydrogen-bond donors (Lipinski definition) is 1. The lowest BCUT2D eigenvalue weighted by Gasteiger charge is -2.37. The maximum Gasteiger partial charge on any atom is 0.144 e. The van der Waals surface area contributed by atoms with Crippen LogP contribution >= 0.6 is 15.9 Å². The number of benzene rings is 2. The van der Waals surface area contributed by atoms with E-state index in [1.807, 2.05) is 36.4 Å². The van der Waals surface area contributed by atoms with Crippen molar-refractivity contribution in [1.29, 1.82) is 0 Å². The second kappa shape index (κ2) is 6.10. The SMILES string of the molecule is CC1(C)CC(=O)C2C(=Nc3ccccc3N[C@@H]2c2cccc(Br)c2)C1. The van der Waals surface area contributed by atoms with Crippen LogP contribution in [0.15, 0.2) is 58.0 Å². The molecule has 0 saturated heterocycles. The third-order valence-corrected chi connectivity index (χ3v) is 5.53. The molecule has 1 saturated carbocycles. The Morgan fingerprint density at radius 1 is 1.12 bits per heavy atom. The molecule has 2 atom stereocenters. The molecule has 1 fully saturated rings. The molecule has 0 spiro atoms. The number of carbonyl (C=O) groups excluding carboxylic acids is 1. The first-order valence-electron chi connectivity index (χ1n) is 8.64. The van der Waals surface area contributed by atoms with E-state index in [0.717, 1.165) is 33.5 Å². The van der Waals surface area contributed by atoms with Crippen molar-refractivity contribution < 1.29 is 4.79 Å². The smallest absolute Gasteiger partial charge is 0.144 e. The molecule has 1 aliphatic heterocycles. The fraction of sp³-hybridized carbons (Fsp3) is 0.333. The van der Waals surface area contributed by atoms with Gasteiger partial charge in [0, 0.05) is 16.6 Å². The zero-order valence-corrected chi connectivity index (χ0v) is 16.0. The van der Waals surface area contributed by atoms with E-state index in [-0.39, 0.29) is 23.2 Å². The topological polar surface area (TPSA) is 41.5 Å². The normalized spacial score (nSPS) is 24.4. The van der Waals surface area contributed by atoms with Crippen molar-refractivity contribution in [3.05, 3.63) is 58.6 Å². The molecule has 4 heteroatoms. The molecule has 2 aromatic rings. The van der Waals surface area contributed by atoms with Crippen LogP contribution in [-0.2, 0) is 4.79 Å². The third-order valence-electron chi connectivity index (χ3n) is 5.04. The predicted octanol–water partition coefficient (Wildman–Crippen LogP) is 5.69. The lowest BCUT2D eigenvalue weighted by Crippen LogP contribution is -2.42. The van der Waals surface area contributed by atoms with Gasteiger partial charge in [0.25, 0.3) is 0 Å². The lowest BCUT2D eigenvalue weighted by molar-refractivity contribution is -0.124. The first-order chi connectivity index (χ1) is 11.9. The fourth-order valence-corrected chi connectivity index (χ4v) is 4.41. The Morgan fingerprint density at radius 3 is 2.72 bits per heavy atom. The molecule has 2 aromatic carbocycles. The van der Waals surface area contributed by atoms with Gasteiger partial charge in [-0.2, -0.15) is 0 Å². The van der Waals surface area contributed by atoms with Gasteiger partial charge in [-0.25, -0.2) is 0 Å². The predicted molar refractivity (Wildman–Crippen MR) is 106 cm³/mol. The summed E-state index contributed by atoms with van der Waals surface area (Å²) in [5, 5.41) is 3.60. The summed E-state index contributed by atoms with van der Waals surface area (Å²) in [7, 11) is 0. The number of fused-ring (bicyclic) bond motifs is 2. The molecular weight excluding hydrogens is 376 g/mol. The Bertz CT molecular complexity index is 872. The number of Topliss-reactive ketones (excluding diaryl/α,β-unsaturated/α-hetero) is 1. The number of nitrogens with zero attached hydrogens (tertiary/aromatic N) is 1. The molecule has 1 N–H and O–H groups in total. The Labute approximate surface area is 156 Å². The third kappa shape index (κ3) is 3.15. The summed E-state index contributed by atoms with van der Waals surface area (Å²) in [4.78, 5) is 18.0. The van der Waals surface area contributed by atoms with E-state index in [4.69, 9.17) is 4.99 Å². The van der Waals surface area contributed by atoms with E-state index in [1.165, 1.54) is 0 Å². The quantitative estimate of drug-likeness (QED) is 0.671. The molecule has 25 heavy (non-hydrogen) atoms. The minimum absolute atomic E-state index is 0.0342. The van der Waals surface area contributed by atoms with Crippen LogP contribution in [-0.4, -0.2) is 11.5 Å². The monoisotopic (exact) mass is 396 g/mol. The molecule has 0 bridgehead atoms. The molecule has 2 aliphatic rings. The van der Waals surface area contributed by atoms with E-state index < -0.39 is 0 Å². The number of carbonyl (C=O) groups is 1. The number of aliphatic imine (C=N–C) groups is 1. The van der Waals surface area contributed by atoms with Crippen LogP contribution in [0.2, 0.25) is 0 Å². The maximum atomic E-state index is 13.1. The molecule has 0 radical (unpaired) electrons. The Balaban J connectivity index is 1.87. The van der Waals surface area contributed by atoms with E-state index in [1.54, 1.807) is 0 Å². The van der Waals surface area contributed by atoms with Gasteiger partial charge in [0.15, 0.2) is 0 Å². The number of para-hydroxylation sites is 2. The minimum Gasteiger partial charge on any atom is -0.375 e. The Morgan fingerprint density at radius 2 is 1.92 bits per heavy atom. The van der Waals surface area contributed by atoms with Gasteiger partial charge in [-0.1, -0.05) is 54.0 Å². The van der Waals surface area contributed by atoms with Gasteiger partial charge >= 0.3 is 0 Å². The van der Waals surface area contributed by atoms with Gasteiger partial charge in [0.1, 0.15) is 5.78 Å². The summed E-state index contributed by atoms with van der Waals surface area (Å²) in [6, 6.07) is 16.2. The van der Waals surface area contributed by atoms with Crippen molar-refractivity contribution in [3.63, 3.8) is 0 Å². The highest BCUT2D eigenvalue weighted by molar-refractivity contribution is 9.10. The van der Waals surface area contributed by atoms with Crippen molar-refractivity contribution in [3.8, 4) is 0 Å². The van der Waals surface area contributed by atoms with Crippen molar-refractivity contribution in [2.75, 3.05) is 5.32 Å². The van der Waals surface area contributed by atoms with Crippen molar-refractivity contribution in [2.45, 2.75) is 32.7 Å². The largest absolute Gasteiger partial charge is 0.375 e. The zero-order chi connectivity index (χ0) is 17.6. The van der Waals surface area contributed by atoms with Crippen LogP contribution in [0.3, 0.4) is 0 Å². The standard InChI is InChI=1S/C21H21BrN2O/c1-21(2)11-17-19(18(25)12-21)20(13-6-5-7-14(22)10-13)24-16-9-4-3-8-15(16)23-17/h3-10,19-20,24H,11-12H2,1-2H3/t19?,20-/m1/s1. The van der Waals surface area contributed by atoms with E-state index in [2.05, 4.69) is 47.2 Å². The molecule has 1 heterocycles. The summed E-state index contributed by atoms with van der Waals surface area (Å²) >= 11 is 3.56. The highest BCUT2D eigenvalue weighted by Crippen LogP contribution is 2.45. The van der Waals surface area contributed by atoms with Crippen molar-refractivity contribution in [2.24, 2.45) is 16.3 Å². The molecule has 4 rings (SSSR count). The number of halogens is 1. The van der Waals surface area contributed by atoms with E-state index >= 15 is 0 Å². The van der Waals surface area contributed by atoms with E-state index in [0.29, 0.717) is 6.42 Å². The molecular formula is C21H21BrN2O. The highest BCUT2D eigenvalue weighted by atomic mass is 79.9. The number of nitrogens with one attached hydrogen (secondary N) is 1. The van der Waals surface area contributed by atoms with Crippen LogP contribution in [0.4, 0.5) is 11.4 Å². The van der Waals surface area contributed by atoms with Crippen molar-refractivity contribution >= 4 is 38.8 Å². The van der Waals surface area contributed by atoms with Crippen molar-refractivity contribution in [1.82, 2.24) is 0 Å². The summed E-state index contributed by atoms with van der Waals surface area (Å²) in [6.45, 7) is 4.31. The molecule has 3 nitrogen and oxygen atoms in total. The number of hydrogen-bond acceptors (Lipinski definition) is 3. The summed E-state index contributed by atoms with van der Waals surface area (Å²) < 4.78 is 1.02. The molecule has 0 aromatic heterocycles. The van der Waals surface area contributed by atoms with Gasteiger partial charge in [0.05, 0.1) is 23.3 Å². The van der Waals surface area contributed by atoms with Crippen LogP contribution in [0.25, 0.3) is 0 Å². The number of rotatable bonds is 1. The number of ketones is 1. The maximum absolute atomic E-state index is 13.1. The average molecular weight is 397 g/mol. The second-order valence-electron chi connectivity index (χ2n) is 7.76. The second-order valence-corrected chi connectivity index (χ2v) is 8.67. The fourth-order valence-electron chi connectivity index (χ4n) is 3.99. The van der Waals surface area contributed by atoms with Crippen LogP contribution in [0, 0.1) is 11.3 Å². The molecule has 1 unspecified atom stereocenters. The van der Waals surface area contributed by atoms with Gasteiger partial charge in [-0.3, -0.25) is 9.79 Å². The van der Waals surface area contributed by atoms with Crippen LogP contribution in [0.5, 0.6) is 0 Å². The van der Waals surface area contributed by atoms with Crippen LogP contribution in [0.1, 0.15) is 38.3 Å². The highest BCUT2D eigenvalue weighted by Gasteiger charge is 2.43. The zero-order valence-electron chi connectivity index (χ0n) is 14.4. The summed E-state index contributed by atoms with van der Waals surface area (Å²) in [6.07, 6.45) is 1.45. The average Bonchev–Trinajstić information content (AvgIpc) is 2.70. The van der Waals surface area contributed by atoms with E-state index in [9.17, 15) is 4.79 Å². The van der Waals surface area contributed by atoms with Gasteiger partial charge in [-0.05, 0) is 41.7 Å². The first-order valence-corrected chi connectivity index (χ1v) is 9.43. The minimum atomic E-state index is -0.213. The van der Waals surface area contributed by atoms with Gasteiger partial charge < -0.3 is 5.32 Å².